The van der Waals surface area contributed by atoms with Crippen LogP contribution in [0.4, 0.5) is 26.3 Å². The van der Waals surface area contributed by atoms with Crippen LogP contribution in [0.2, 0.25) is 0 Å². The zero-order chi connectivity index (χ0) is 26.1. The van der Waals surface area contributed by atoms with Crippen LogP contribution < -0.4 is 10.1 Å². The summed E-state index contributed by atoms with van der Waals surface area (Å²) in [6.07, 6.45) is -5.00. The lowest BCUT2D eigenvalue weighted by Crippen LogP contribution is -2.43. The Morgan fingerprint density at radius 1 is 1.08 bits per heavy atom. The molecule has 4 rings (SSSR count). The van der Waals surface area contributed by atoms with Crippen molar-refractivity contribution < 1.29 is 35.9 Å². The van der Waals surface area contributed by atoms with E-state index in [-0.39, 0.29) is 17.5 Å². The van der Waals surface area contributed by atoms with Gasteiger partial charge in [-0.2, -0.15) is 26.3 Å². The average molecular weight is 515 g/mol. The number of rotatable bonds is 8. The van der Waals surface area contributed by atoms with Crippen LogP contribution in [0.25, 0.3) is 0 Å². The molecule has 1 aliphatic carbocycles. The van der Waals surface area contributed by atoms with Gasteiger partial charge in [0.2, 0.25) is 11.8 Å². The largest absolute Gasteiger partial charge is 0.481 e. The second-order valence-electron chi connectivity index (χ2n) is 9.69. The van der Waals surface area contributed by atoms with Gasteiger partial charge in [0.1, 0.15) is 0 Å². The number of pyridine rings is 1. The van der Waals surface area contributed by atoms with E-state index in [0.717, 1.165) is 18.4 Å². The third kappa shape index (κ3) is 6.29. The third-order valence-electron chi connectivity index (χ3n) is 6.81. The number of carbonyl (C=O) groups is 1. The highest BCUT2D eigenvalue weighted by Gasteiger charge is 2.47. The summed E-state index contributed by atoms with van der Waals surface area (Å²) in [4.78, 5) is 19.6. The normalized spacial score (nSPS) is 21.0. The number of hydrogen-bond donors (Lipinski definition) is 1. The van der Waals surface area contributed by atoms with E-state index in [1.807, 2.05) is 12.1 Å². The van der Waals surface area contributed by atoms with Crippen molar-refractivity contribution in [2.45, 2.75) is 51.1 Å². The summed E-state index contributed by atoms with van der Waals surface area (Å²) < 4.78 is 84.3. The molecular formula is C25H27F6N3O2. The first-order valence-corrected chi connectivity index (χ1v) is 11.7. The number of ether oxygens (including phenoxy) is 1. The number of hydrogen-bond acceptors (Lipinski definition) is 4. The van der Waals surface area contributed by atoms with E-state index in [1.54, 1.807) is 6.20 Å². The Kier molecular flexibility index (Phi) is 7.23. The molecule has 1 atom stereocenters. The van der Waals surface area contributed by atoms with Crippen molar-refractivity contribution in [3.05, 3.63) is 58.8 Å². The van der Waals surface area contributed by atoms with E-state index in [4.69, 9.17) is 4.74 Å². The van der Waals surface area contributed by atoms with E-state index in [0.29, 0.717) is 56.4 Å². The number of nitrogens with one attached hydrogen (secondary N) is 1. The van der Waals surface area contributed by atoms with Gasteiger partial charge in [-0.1, -0.05) is 12.8 Å². The first-order chi connectivity index (χ1) is 16.9. The van der Waals surface area contributed by atoms with E-state index < -0.39 is 35.4 Å². The highest BCUT2D eigenvalue weighted by Crippen LogP contribution is 2.45. The van der Waals surface area contributed by atoms with E-state index in [9.17, 15) is 31.1 Å². The molecule has 1 saturated carbocycles. The lowest BCUT2D eigenvalue weighted by Gasteiger charge is -2.29. The molecule has 5 nitrogen and oxygen atoms in total. The van der Waals surface area contributed by atoms with Gasteiger partial charge in [0.25, 0.3) is 0 Å². The number of aromatic nitrogens is 1. The molecule has 2 heterocycles. The average Bonchev–Trinajstić information content (AvgIpc) is 3.54. The van der Waals surface area contributed by atoms with Gasteiger partial charge in [0.05, 0.1) is 23.7 Å². The molecule has 1 aliphatic heterocycles. The highest BCUT2D eigenvalue weighted by molar-refractivity contribution is 5.83. The number of benzene rings is 1. The Morgan fingerprint density at radius 3 is 2.33 bits per heavy atom. The molecule has 0 radical (unpaired) electrons. The maximum absolute atomic E-state index is 13.4. The maximum Gasteiger partial charge on any atom is 0.416 e. The molecule has 1 unspecified atom stereocenters. The number of amides is 1. The van der Waals surface area contributed by atoms with Crippen LogP contribution in [0.5, 0.6) is 5.88 Å². The molecule has 196 valence electrons. The SMILES string of the molecule is COc1cc(CN2CCC(CC3CC3)(C(=O)NCc3cc(C(F)(F)F)cc(C(F)(F)F)c3)C2)ccn1. The van der Waals surface area contributed by atoms with E-state index >= 15 is 0 Å². The van der Waals surface area contributed by atoms with Gasteiger partial charge in [-0.05, 0) is 60.7 Å². The van der Waals surface area contributed by atoms with Gasteiger partial charge < -0.3 is 10.1 Å². The number of alkyl halides is 6. The molecule has 11 heteroatoms. The van der Waals surface area contributed by atoms with E-state index in [1.165, 1.54) is 7.11 Å². The van der Waals surface area contributed by atoms with Crippen LogP contribution in [0, 0.1) is 11.3 Å². The highest BCUT2D eigenvalue weighted by atomic mass is 19.4. The number of methoxy groups -OCH3 is 1. The van der Waals surface area contributed by atoms with Gasteiger partial charge in [-0.25, -0.2) is 4.98 Å². The lowest BCUT2D eigenvalue weighted by molar-refractivity contribution is -0.143. The summed E-state index contributed by atoms with van der Waals surface area (Å²) in [6, 6.07) is 5.06. The first-order valence-electron chi connectivity index (χ1n) is 11.7. The lowest BCUT2D eigenvalue weighted by atomic mass is 9.80. The van der Waals surface area contributed by atoms with E-state index in [2.05, 4.69) is 15.2 Å². The molecule has 2 aliphatic rings. The molecule has 0 bridgehead atoms. The second kappa shape index (κ2) is 9.91. The number of carbonyl (C=O) groups excluding carboxylic acids is 1. The number of nitrogens with zero attached hydrogens (tertiary/aromatic N) is 2. The third-order valence-corrected chi connectivity index (χ3v) is 6.81. The van der Waals surface area contributed by atoms with Gasteiger partial charge in [-0.15, -0.1) is 0 Å². The van der Waals surface area contributed by atoms with Gasteiger partial charge in [0, 0.05) is 31.9 Å². The topological polar surface area (TPSA) is 54.5 Å². The summed E-state index contributed by atoms with van der Waals surface area (Å²) in [5.41, 5.74) is -2.81. The summed E-state index contributed by atoms with van der Waals surface area (Å²) in [5, 5.41) is 2.64. The van der Waals surface area contributed by atoms with Gasteiger partial charge in [0.15, 0.2) is 0 Å². The Hall–Kier alpha value is -2.82. The van der Waals surface area contributed by atoms with Crippen molar-refractivity contribution in [1.29, 1.82) is 0 Å². The Labute approximate surface area is 204 Å². The minimum Gasteiger partial charge on any atom is -0.481 e. The molecule has 2 aromatic rings. The molecule has 2 fully saturated rings. The minimum absolute atomic E-state index is 0.0862. The predicted octanol–water partition coefficient (Wildman–Crippen LogP) is 5.44. The van der Waals surface area contributed by atoms with Crippen LogP contribution in [0.3, 0.4) is 0 Å². The fraction of sp³-hybridized carbons (Fsp3) is 0.520. The van der Waals surface area contributed by atoms with Crippen molar-refractivity contribution in [3.63, 3.8) is 0 Å². The molecule has 1 N–H and O–H groups in total. The summed E-state index contributed by atoms with van der Waals surface area (Å²) in [7, 11) is 1.52. The zero-order valence-corrected chi connectivity index (χ0v) is 19.7. The first kappa shape index (κ1) is 26.2. The molecular weight excluding hydrogens is 488 g/mol. The summed E-state index contributed by atoms with van der Waals surface area (Å²) in [5.74, 6) is 0.547. The summed E-state index contributed by atoms with van der Waals surface area (Å²) in [6.45, 7) is 1.25. The van der Waals surface area contributed by atoms with Crippen molar-refractivity contribution in [2.75, 3.05) is 20.2 Å². The molecule has 0 spiro atoms. The predicted molar refractivity (Wildman–Crippen MR) is 119 cm³/mol. The summed E-state index contributed by atoms with van der Waals surface area (Å²) >= 11 is 0. The minimum atomic E-state index is -4.94. The smallest absolute Gasteiger partial charge is 0.416 e. The fourth-order valence-corrected chi connectivity index (χ4v) is 4.82. The Morgan fingerprint density at radius 2 is 1.75 bits per heavy atom. The molecule has 1 aromatic heterocycles. The second-order valence-corrected chi connectivity index (χ2v) is 9.69. The van der Waals surface area contributed by atoms with Crippen molar-refractivity contribution in [2.24, 2.45) is 11.3 Å². The van der Waals surface area contributed by atoms with Gasteiger partial charge >= 0.3 is 12.4 Å². The van der Waals surface area contributed by atoms with Crippen LogP contribution in [-0.2, 0) is 30.2 Å². The van der Waals surface area contributed by atoms with Crippen LogP contribution in [0.1, 0.15) is 47.9 Å². The standard InChI is InChI=1S/C25H27F6N3O2/c1-36-21-10-17(4-6-32-21)14-34-7-5-23(15-34,12-16-2-3-16)22(35)33-13-18-8-19(24(26,27)28)11-20(9-18)25(29,30)31/h4,6,8-11,16H,2-3,5,7,12-15H2,1H3,(H,33,35). The van der Waals surface area contributed by atoms with Crippen LogP contribution >= 0.6 is 0 Å². The monoisotopic (exact) mass is 515 g/mol. The number of halogens is 6. The van der Waals surface area contributed by atoms with Crippen molar-refractivity contribution >= 4 is 5.91 Å². The zero-order valence-electron chi connectivity index (χ0n) is 19.7. The van der Waals surface area contributed by atoms with Crippen molar-refractivity contribution in [3.8, 4) is 5.88 Å². The number of likely N-dealkylation sites (tertiary alicyclic amines) is 1. The van der Waals surface area contributed by atoms with Crippen LogP contribution in [-0.4, -0.2) is 36.0 Å². The quantitative estimate of drug-likeness (QED) is 0.476. The fourth-order valence-electron chi connectivity index (χ4n) is 4.82. The molecule has 1 saturated heterocycles. The van der Waals surface area contributed by atoms with Gasteiger partial charge in [-0.3, -0.25) is 9.69 Å². The van der Waals surface area contributed by atoms with Crippen LogP contribution in [0.15, 0.2) is 36.5 Å². The Balaban J connectivity index is 1.48. The molecule has 36 heavy (non-hydrogen) atoms. The maximum atomic E-state index is 13.4. The molecule has 1 amide bonds. The molecule has 1 aromatic carbocycles. The van der Waals surface area contributed by atoms with Crippen molar-refractivity contribution in [1.82, 2.24) is 15.2 Å². The Bertz CT molecular complexity index is 1070.